The third-order valence-electron chi connectivity index (χ3n) is 4.31. The second kappa shape index (κ2) is 9.39. The highest BCUT2D eigenvalue weighted by atomic mass is 16.5. The van der Waals surface area contributed by atoms with Crippen LogP contribution in [0.5, 0.6) is 5.75 Å². The van der Waals surface area contributed by atoms with Crippen molar-refractivity contribution >= 4 is 17.6 Å². The standard InChI is InChI=1S/C24H23NO2/c1-27-23-15-9-8-14-21(23)18-22(20-12-6-3-7-13-20)24(26)25-17-16-19-10-4-2-5-11-19/h2-15,18H,16-17H2,1H3,(H,25,26)/b22-18+. The highest BCUT2D eigenvalue weighted by Gasteiger charge is 2.13. The zero-order chi connectivity index (χ0) is 18.9. The fraction of sp³-hybridized carbons (Fsp3) is 0.125. The van der Waals surface area contributed by atoms with Crippen molar-refractivity contribution in [3.05, 3.63) is 102 Å². The van der Waals surface area contributed by atoms with Crippen molar-refractivity contribution < 1.29 is 9.53 Å². The van der Waals surface area contributed by atoms with Crippen LogP contribution >= 0.6 is 0 Å². The van der Waals surface area contributed by atoms with Gasteiger partial charge in [-0.05, 0) is 29.7 Å². The predicted molar refractivity (Wildman–Crippen MR) is 110 cm³/mol. The molecule has 0 heterocycles. The smallest absolute Gasteiger partial charge is 0.251 e. The number of nitrogens with one attached hydrogen (secondary N) is 1. The van der Waals surface area contributed by atoms with Gasteiger partial charge in [0, 0.05) is 17.7 Å². The van der Waals surface area contributed by atoms with Gasteiger partial charge in [0.15, 0.2) is 0 Å². The second-order valence-electron chi connectivity index (χ2n) is 6.16. The van der Waals surface area contributed by atoms with Gasteiger partial charge in [-0.25, -0.2) is 0 Å². The molecule has 0 aliphatic carbocycles. The molecule has 3 rings (SSSR count). The first-order valence-electron chi connectivity index (χ1n) is 9.00. The number of methoxy groups -OCH3 is 1. The number of hydrogen-bond acceptors (Lipinski definition) is 2. The zero-order valence-electron chi connectivity index (χ0n) is 15.4. The fourth-order valence-electron chi connectivity index (χ4n) is 2.90. The molecule has 1 N–H and O–H groups in total. The Hall–Kier alpha value is -3.33. The van der Waals surface area contributed by atoms with Crippen LogP contribution in [0.3, 0.4) is 0 Å². The van der Waals surface area contributed by atoms with E-state index in [1.807, 2.05) is 78.9 Å². The van der Waals surface area contributed by atoms with E-state index in [0.29, 0.717) is 12.1 Å². The summed E-state index contributed by atoms with van der Waals surface area (Å²) in [6.07, 6.45) is 2.68. The van der Waals surface area contributed by atoms with E-state index in [9.17, 15) is 4.79 Å². The first kappa shape index (κ1) is 18.5. The van der Waals surface area contributed by atoms with E-state index in [2.05, 4.69) is 17.4 Å². The molecule has 0 spiro atoms. The Labute approximate surface area is 160 Å². The number of para-hydroxylation sites is 1. The summed E-state index contributed by atoms with van der Waals surface area (Å²) in [6, 6.07) is 27.5. The van der Waals surface area contributed by atoms with Gasteiger partial charge in [-0.3, -0.25) is 4.79 Å². The molecule has 0 radical (unpaired) electrons. The van der Waals surface area contributed by atoms with E-state index in [1.165, 1.54) is 5.56 Å². The van der Waals surface area contributed by atoms with E-state index < -0.39 is 0 Å². The molecule has 0 aliphatic rings. The number of carbonyl (C=O) groups is 1. The SMILES string of the molecule is COc1ccccc1/C=C(/C(=O)NCCc1ccccc1)c1ccccc1. The van der Waals surface area contributed by atoms with Gasteiger partial charge in [0.05, 0.1) is 7.11 Å². The molecule has 0 fully saturated rings. The zero-order valence-corrected chi connectivity index (χ0v) is 15.4. The van der Waals surface area contributed by atoms with Crippen LogP contribution in [0, 0.1) is 0 Å². The van der Waals surface area contributed by atoms with Gasteiger partial charge in [-0.1, -0.05) is 78.9 Å². The fourth-order valence-corrected chi connectivity index (χ4v) is 2.90. The topological polar surface area (TPSA) is 38.3 Å². The number of carbonyl (C=O) groups excluding carboxylic acids is 1. The van der Waals surface area contributed by atoms with Crippen LogP contribution in [0.4, 0.5) is 0 Å². The van der Waals surface area contributed by atoms with Crippen molar-refractivity contribution in [1.82, 2.24) is 5.32 Å². The first-order valence-corrected chi connectivity index (χ1v) is 9.00. The average Bonchev–Trinajstić information content (AvgIpc) is 2.73. The Morgan fingerprint density at radius 3 is 2.22 bits per heavy atom. The molecule has 0 unspecified atom stereocenters. The minimum Gasteiger partial charge on any atom is -0.496 e. The van der Waals surface area contributed by atoms with Gasteiger partial charge in [-0.15, -0.1) is 0 Å². The van der Waals surface area contributed by atoms with E-state index in [0.717, 1.165) is 23.3 Å². The molecule has 3 aromatic rings. The Kier molecular flexibility index (Phi) is 6.42. The quantitative estimate of drug-likeness (QED) is 0.496. The first-order chi connectivity index (χ1) is 13.3. The number of ether oxygens (including phenoxy) is 1. The van der Waals surface area contributed by atoms with Crippen molar-refractivity contribution in [3.8, 4) is 5.75 Å². The van der Waals surface area contributed by atoms with Crippen LogP contribution in [0.2, 0.25) is 0 Å². The van der Waals surface area contributed by atoms with Gasteiger partial charge < -0.3 is 10.1 Å². The normalized spacial score (nSPS) is 11.1. The van der Waals surface area contributed by atoms with Crippen molar-refractivity contribution in [2.75, 3.05) is 13.7 Å². The number of amides is 1. The summed E-state index contributed by atoms with van der Waals surface area (Å²) >= 11 is 0. The number of benzene rings is 3. The third-order valence-corrected chi connectivity index (χ3v) is 4.31. The van der Waals surface area contributed by atoms with E-state index in [-0.39, 0.29) is 5.91 Å². The second-order valence-corrected chi connectivity index (χ2v) is 6.16. The van der Waals surface area contributed by atoms with Gasteiger partial charge in [-0.2, -0.15) is 0 Å². The average molecular weight is 357 g/mol. The summed E-state index contributed by atoms with van der Waals surface area (Å²) in [5.41, 5.74) is 3.57. The van der Waals surface area contributed by atoms with Crippen molar-refractivity contribution in [2.24, 2.45) is 0 Å². The lowest BCUT2D eigenvalue weighted by Crippen LogP contribution is -2.26. The highest BCUT2D eigenvalue weighted by Crippen LogP contribution is 2.24. The minimum atomic E-state index is -0.0944. The molecule has 0 saturated heterocycles. The van der Waals surface area contributed by atoms with Crippen LogP contribution in [0.1, 0.15) is 16.7 Å². The van der Waals surface area contributed by atoms with Crippen LogP contribution in [0.25, 0.3) is 11.6 Å². The van der Waals surface area contributed by atoms with Gasteiger partial charge in [0.2, 0.25) is 0 Å². The molecular formula is C24H23NO2. The van der Waals surface area contributed by atoms with E-state index in [1.54, 1.807) is 7.11 Å². The van der Waals surface area contributed by atoms with Crippen molar-refractivity contribution in [3.63, 3.8) is 0 Å². The lowest BCUT2D eigenvalue weighted by atomic mass is 10.0. The van der Waals surface area contributed by atoms with Crippen LogP contribution in [0.15, 0.2) is 84.9 Å². The number of rotatable bonds is 7. The molecule has 3 heteroatoms. The van der Waals surface area contributed by atoms with Crippen molar-refractivity contribution in [2.45, 2.75) is 6.42 Å². The summed E-state index contributed by atoms with van der Waals surface area (Å²) in [5.74, 6) is 0.644. The molecule has 0 aromatic heterocycles. The van der Waals surface area contributed by atoms with Gasteiger partial charge >= 0.3 is 0 Å². The molecule has 0 aliphatic heterocycles. The van der Waals surface area contributed by atoms with Crippen LogP contribution in [-0.4, -0.2) is 19.6 Å². The van der Waals surface area contributed by atoms with Gasteiger partial charge in [0.1, 0.15) is 5.75 Å². The maximum atomic E-state index is 12.9. The summed E-state index contributed by atoms with van der Waals surface area (Å²) in [4.78, 5) is 12.9. The molecule has 1 amide bonds. The largest absolute Gasteiger partial charge is 0.496 e. The van der Waals surface area contributed by atoms with Crippen LogP contribution in [-0.2, 0) is 11.2 Å². The van der Waals surface area contributed by atoms with Crippen LogP contribution < -0.4 is 10.1 Å². The molecule has 0 atom stereocenters. The molecule has 136 valence electrons. The Morgan fingerprint density at radius 2 is 1.52 bits per heavy atom. The Morgan fingerprint density at radius 1 is 0.889 bits per heavy atom. The molecule has 0 saturated carbocycles. The predicted octanol–water partition coefficient (Wildman–Crippen LogP) is 4.59. The maximum Gasteiger partial charge on any atom is 0.251 e. The monoisotopic (exact) mass is 357 g/mol. The van der Waals surface area contributed by atoms with Gasteiger partial charge in [0.25, 0.3) is 5.91 Å². The molecular weight excluding hydrogens is 334 g/mol. The molecule has 3 nitrogen and oxygen atoms in total. The molecule has 3 aromatic carbocycles. The minimum absolute atomic E-state index is 0.0944. The lowest BCUT2D eigenvalue weighted by molar-refractivity contribution is -0.115. The number of hydrogen-bond donors (Lipinski definition) is 1. The summed E-state index contributed by atoms with van der Waals surface area (Å²) in [6.45, 7) is 0.582. The van der Waals surface area contributed by atoms with Crippen molar-refractivity contribution in [1.29, 1.82) is 0 Å². The Balaban J connectivity index is 1.82. The maximum absolute atomic E-state index is 12.9. The lowest BCUT2D eigenvalue weighted by Gasteiger charge is -2.11. The van der Waals surface area contributed by atoms with E-state index >= 15 is 0 Å². The summed E-state index contributed by atoms with van der Waals surface area (Å²) < 4.78 is 5.42. The highest BCUT2D eigenvalue weighted by molar-refractivity contribution is 6.24. The molecule has 0 bridgehead atoms. The summed E-state index contributed by atoms with van der Waals surface area (Å²) in [5, 5.41) is 3.04. The summed E-state index contributed by atoms with van der Waals surface area (Å²) in [7, 11) is 1.63. The molecule has 27 heavy (non-hydrogen) atoms. The Bertz CT molecular complexity index is 902. The van der Waals surface area contributed by atoms with E-state index in [4.69, 9.17) is 4.74 Å². The third kappa shape index (κ3) is 5.08.